The number of nitro benzene ring substituents is 1. The second-order valence-electron chi connectivity index (χ2n) is 5.01. The number of carbonyl (C=O) groups is 1. The van der Waals surface area contributed by atoms with E-state index in [9.17, 15) is 14.9 Å². The number of benzene rings is 1. The molecule has 0 radical (unpaired) electrons. The number of nitrogens with zero attached hydrogens (tertiary/aromatic N) is 1. The van der Waals surface area contributed by atoms with Crippen LogP contribution in [0.4, 0.5) is 17.1 Å². The molecule has 114 valence electrons. The number of rotatable bonds is 8. The van der Waals surface area contributed by atoms with Gasteiger partial charge in [-0.25, -0.2) is 0 Å². The fraction of sp³-hybridized carbons (Fsp3) is 0.500. The molecule has 0 spiro atoms. The second kappa shape index (κ2) is 6.92. The molecule has 1 aromatic rings. The minimum absolute atomic E-state index is 0.0157. The Morgan fingerprint density at radius 3 is 2.57 bits per heavy atom. The van der Waals surface area contributed by atoms with Crippen LogP contribution in [0.2, 0.25) is 0 Å². The Kier molecular flexibility index (Phi) is 4.97. The van der Waals surface area contributed by atoms with Crippen LogP contribution in [0.25, 0.3) is 0 Å². The van der Waals surface area contributed by atoms with Crippen LogP contribution in [0, 0.1) is 10.1 Å². The number of para-hydroxylation sites is 1. The maximum Gasteiger partial charge on any atom is 0.315 e. The molecule has 7 nitrogen and oxygen atoms in total. The van der Waals surface area contributed by atoms with E-state index in [1.807, 2.05) is 6.92 Å². The van der Waals surface area contributed by atoms with Gasteiger partial charge in [-0.05, 0) is 31.9 Å². The predicted octanol–water partition coefficient (Wildman–Crippen LogP) is 2.11. The van der Waals surface area contributed by atoms with Crippen molar-refractivity contribution in [3.05, 3.63) is 28.3 Å². The largest absolute Gasteiger partial charge is 0.380 e. The fourth-order valence-corrected chi connectivity index (χ4v) is 2.05. The van der Waals surface area contributed by atoms with E-state index in [0.29, 0.717) is 36.9 Å². The zero-order chi connectivity index (χ0) is 15.2. The molecule has 1 aliphatic carbocycles. The van der Waals surface area contributed by atoms with E-state index in [-0.39, 0.29) is 11.6 Å². The van der Waals surface area contributed by atoms with E-state index >= 15 is 0 Å². The van der Waals surface area contributed by atoms with Gasteiger partial charge in [-0.1, -0.05) is 6.07 Å². The Morgan fingerprint density at radius 1 is 1.33 bits per heavy atom. The first-order valence-corrected chi connectivity index (χ1v) is 7.16. The first-order valence-electron chi connectivity index (χ1n) is 7.16. The van der Waals surface area contributed by atoms with Gasteiger partial charge in [0, 0.05) is 25.6 Å². The molecule has 0 unspecified atom stereocenters. The third kappa shape index (κ3) is 4.34. The number of amides is 1. The molecule has 1 aromatic carbocycles. The molecule has 0 bridgehead atoms. The molecule has 3 N–H and O–H groups in total. The summed E-state index contributed by atoms with van der Waals surface area (Å²) in [7, 11) is 0. The van der Waals surface area contributed by atoms with Gasteiger partial charge >= 0.3 is 5.69 Å². The zero-order valence-corrected chi connectivity index (χ0v) is 12.0. The summed E-state index contributed by atoms with van der Waals surface area (Å²) in [4.78, 5) is 22.4. The number of hydrogen-bond acceptors (Lipinski definition) is 5. The number of carbonyl (C=O) groups excluding carboxylic acids is 1. The van der Waals surface area contributed by atoms with Crippen LogP contribution in [0.3, 0.4) is 0 Å². The number of nitrogens with one attached hydrogen (secondary N) is 3. The molecule has 1 fully saturated rings. The summed E-state index contributed by atoms with van der Waals surface area (Å²) in [6.45, 7) is 2.86. The van der Waals surface area contributed by atoms with Crippen molar-refractivity contribution in [2.24, 2.45) is 0 Å². The molecule has 1 saturated carbocycles. The van der Waals surface area contributed by atoms with Crippen LogP contribution in [-0.2, 0) is 4.79 Å². The number of nitro groups is 1. The Balaban J connectivity index is 1.96. The molecule has 0 saturated heterocycles. The predicted molar refractivity (Wildman–Crippen MR) is 81.5 cm³/mol. The lowest BCUT2D eigenvalue weighted by atomic mass is 10.2. The fourth-order valence-electron chi connectivity index (χ4n) is 2.05. The lowest BCUT2D eigenvalue weighted by Gasteiger charge is -2.10. The standard InChI is InChI=1S/C14H20N4O3/c1-2-15-11-4-3-5-12(14(11)18(20)21)16-9-8-13(19)17-10-6-7-10/h3-5,10,15-16H,2,6-9H2,1H3,(H,17,19). The SMILES string of the molecule is CCNc1cccc(NCCC(=O)NC2CC2)c1[N+](=O)[O-]. The average molecular weight is 292 g/mol. The Morgan fingerprint density at radius 2 is 2.00 bits per heavy atom. The highest BCUT2D eigenvalue weighted by Crippen LogP contribution is 2.32. The van der Waals surface area contributed by atoms with E-state index in [2.05, 4.69) is 16.0 Å². The monoisotopic (exact) mass is 292 g/mol. The molecule has 0 atom stereocenters. The Hall–Kier alpha value is -2.31. The van der Waals surface area contributed by atoms with E-state index in [4.69, 9.17) is 0 Å². The van der Waals surface area contributed by atoms with Crippen molar-refractivity contribution < 1.29 is 9.72 Å². The molecule has 1 amide bonds. The minimum Gasteiger partial charge on any atom is -0.380 e. The lowest BCUT2D eigenvalue weighted by Crippen LogP contribution is -2.27. The molecule has 2 rings (SSSR count). The van der Waals surface area contributed by atoms with Crippen molar-refractivity contribution in [1.82, 2.24) is 5.32 Å². The summed E-state index contributed by atoms with van der Waals surface area (Å²) >= 11 is 0. The topological polar surface area (TPSA) is 96.3 Å². The third-order valence-electron chi connectivity index (χ3n) is 3.20. The van der Waals surface area contributed by atoms with Gasteiger partial charge in [0.1, 0.15) is 11.4 Å². The summed E-state index contributed by atoms with van der Waals surface area (Å²) < 4.78 is 0. The van der Waals surface area contributed by atoms with Gasteiger partial charge in [0.05, 0.1) is 4.92 Å². The molecule has 7 heteroatoms. The van der Waals surface area contributed by atoms with Crippen LogP contribution >= 0.6 is 0 Å². The molecular formula is C14H20N4O3. The van der Waals surface area contributed by atoms with Crippen LogP contribution in [0.1, 0.15) is 26.2 Å². The molecule has 0 aliphatic heterocycles. The van der Waals surface area contributed by atoms with Gasteiger partial charge in [0.15, 0.2) is 0 Å². The van der Waals surface area contributed by atoms with Gasteiger partial charge in [-0.3, -0.25) is 14.9 Å². The Bertz CT molecular complexity index is 529. The van der Waals surface area contributed by atoms with Crippen LogP contribution < -0.4 is 16.0 Å². The average Bonchev–Trinajstić information content (AvgIpc) is 3.23. The summed E-state index contributed by atoms with van der Waals surface area (Å²) in [5.74, 6) is -0.0181. The van der Waals surface area contributed by atoms with Gasteiger partial charge in [0.2, 0.25) is 5.91 Å². The first kappa shape index (κ1) is 15.1. The maximum absolute atomic E-state index is 11.6. The van der Waals surface area contributed by atoms with Crippen molar-refractivity contribution in [2.75, 3.05) is 23.7 Å². The summed E-state index contributed by atoms with van der Waals surface area (Å²) in [5, 5.41) is 20.0. The first-order chi connectivity index (χ1) is 10.1. The maximum atomic E-state index is 11.6. The van der Waals surface area contributed by atoms with Crippen LogP contribution in [0.15, 0.2) is 18.2 Å². The van der Waals surface area contributed by atoms with Crippen molar-refractivity contribution >= 4 is 23.0 Å². The van der Waals surface area contributed by atoms with Crippen LogP contribution in [-0.4, -0.2) is 30.0 Å². The van der Waals surface area contributed by atoms with Crippen molar-refractivity contribution in [3.63, 3.8) is 0 Å². The summed E-state index contributed by atoms with van der Waals surface area (Å²) in [6.07, 6.45) is 2.41. The zero-order valence-electron chi connectivity index (χ0n) is 12.0. The molecule has 0 heterocycles. The Labute approximate surface area is 123 Å². The van der Waals surface area contributed by atoms with Gasteiger partial charge in [-0.2, -0.15) is 0 Å². The highest BCUT2D eigenvalue weighted by Gasteiger charge is 2.23. The van der Waals surface area contributed by atoms with E-state index in [1.165, 1.54) is 0 Å². The van der Waals surface area contributed by atoms with E-state index < -0.39 is 4.92 Å². The number of hydrogen-bond donors (Lipinski definition) is 3. The highest BCUT2D eigenvalue weighted by atomic mass is 16.6. The van der Waals surface area contributed by atoms with Gasteiger partial charge < -0.3 is 16.0 Å². The van der Waals surface area contributed by atoms with Gasteiger partial charge in [-0.15, -0.1) is 0 Å². The van der Waals surface area contributed by atoms with Crippen LogP contribution in [0.5, 0.6) is 0 Å². The van der Waals surface area contributed by atoms with E-state index in [0.717, 1.165) is 12.8 Å². The normalized spacial score (nSPS) is 13.6. The third-order valence-corrected chi connectivity index (χ3v) is 3.20. The van der Waals surface area contributed by atoms with Gasteiger partial charge in [0.25, 0.3) is 0 Å². The molecule has 0 aromatic heterocycles. The summed E-state index contributed by atoms with van der Waals surface area (Å²) in [5.41, 5.74) is 0.926. The minimum atomic E-state index is -0.412. The quantitative estimate of drug-likeness (QED) is 0.503. The molecule has 21 heavy (non-hydrogen) atoms. The second-order valence-corrected chi connectivity index (χ2v) is 5.01. The highest BCUT2D eigenvalue weighted by molar-refractivity contribution is 5.79. The van der Waals surface area contributed by atoms with Crippen molar-refractivity contribution in [3.8, 4) is 0 Å². The van der Waals surface area contributed by atoms with Crippen molar-refractivity contribution in [2.45, 2.75) is 32.2 Å². The molecular weight excluding hydrogens is 272 g/mol. The molecule has 1 aliphatic rings. The lowest BCUT2D eigenvalue weighted by molar-refractivity contribution is -0.383. The summed E-state index contributed by atoms with van der Waals surface area (Å²) in [6, 6.07) is 5.41. The van der Waals surface area contributed by atoms with Crippen molar-refractivity contribution in [1.29, 1.82) is 0 Å². The smallest absolute Gasteiger partial charge is 0.315 e. The van der Waals surface area contributed by atoms with E-state index in [1.54, 1.807) is 18.2 Å². The number of anilines is 2.